The summed E-state index contributed by atoms with van der Waals surface area (Å²) >= 11 is 0. The largest absolute Gasteiger partial charge is 0.491 e. The van der Waals surface area contributed by atoms with Gasteiger partial charge < -0.3 is 20.9 Å². The molecule has 1 amide bonds. The molecule has 0 radical (unpaired) electrons. The molecule has 1 rings (SSSR count). The van der Waals surface area contributed by atoms with Crippen molar-refractivity contribution in [2.24, 2.45) is 5.73 Å². The van der Waals surface area contributed by atoms with E-state index in [0.29, 0.717) is 18.3 Å². The van der Waals surface area contributed by atoms with Crippen molar-refractivity contribution < 1.29 is 24.2 Å². The summed E-state index contributed by atoms with van der Waals surface area (Å²) in [6.07, 6.45) is -0.325. The van der Waals surface area contributed by atoms with Gasteiger partial charge in [-0.1, -0.05) is 26.0 Å². The van der Waals surface area contributed by atoms with E-state index < -0.39 is 6.10 Å². The zero-order valence-corrected chi connectivity index (χ0v) is 15.2. The number of aliphatic hydroxyl groups excluding tert-OH is 1. The lowest BCUT2D eigenvalue weighted by Crippen LogP contribution is -2.35. The van der Waals surface area contributed by atoms with E-state index in [4.69, 9.17) is 10.5 Å². The van der Waals surface area contributed by atoms with E-state index >= 15 is 0 Å². The third kappa shape index (κ3) is 12.8. The van der Waals surface area contributed by atoms with E-state index in [1.54, 1.807) is 24.3 Å². The van der Waals surface area contributed by atoms with Crippen LogP contribution in [0.3, 0.4) is 0 Å². The van der Waals surface area contributed by atoms with Crippen LogP contribution in [-0.4, -0.2) is 47.9 Å². The van der Waals surface area contributed by atoms with Gasteiger partial charge in [0.2, 0.25) is 5.91 Å². The number of nitrogens with two attached hydrogens (primary N) is 1. The zero-order chi connectivity index (χ0) is 19.4. The molecule has 7 nitrogen and oxygen atoms in total. The van der Waals surface area contributed by atoms with E-state index in [9.17, 15) is 19.5 Å². The fourth-order valence-electron chi connectivity index (χ4n) is 1.53. The topological polar surface area (TPSA) is 119 Å². The normalized spacial score (nSPS) is 11.3. The van der Waals surface area contributed by atoms with E-state index in [2.05, 4.69) is 5.32 Å². The van der Waals surface area contributed by atoms with Crippen LogP contribution in [-0.2, 0) is 20.8 Å². The smallest absolute Gasteiger partial charge is 0.221 e. The number of Topliss-reactive ketones (excluding diaryl/α,β-unsaturated/α-hetero) is 2. The summed E-state index contributed by atoms with van der Waals surface area (Å²) in [5.41, 5.74) is 5.96. The molecule has 0 saturated carbocycles. The SMILES string of the molecule is CC(=O)C(C)=O.CC(C)NCC(O)COc1ccc(CC(N)=O)cc1. The Labute approximate surface area is 148 Å². The third-order valence-corrected chi connectivity index (χ3v) is 3.00. The van der Waals surface area contributed by atoms with E-state index in [0.717, 1.165) is 5.56 Å². The maximum Gasteiger partial charge on any atom is 0.221 e. The average Bonchev–Trinajstić information content (AvgIpc) is 2.52. The van der Waals surface area contributed by atoms with Gasteiger partial charge in [-0.05, 0) is 17.7 Å². The number of ketones is 2. The van der Waals surface area contributed by atoms with Crippen LogP contribution in [0.15, 0.2) is 24.3 Å². The molecule has 4 N–H and O–H groups in total. The number of nitrogens with one attached hydrogen (secondary N) is 1. The minimum absolute atomic E-state index is 0.223. The Morgan fingerprint density at radius 3 is 2.04 bits per heavy atom. The summed E-state index contributed by atoms with van der Waals surface area (Å²) in [4.78, 5) is 30.3. The predicted molar refractivity (Wildman–Crippen MR) is 95.3 cm³/mol. The molecule has 1 aromatic rings. The number of carbonyl (C=O) groups excluding carboxylic acids is 3. The van der Waals surface area contributed by atoms with Crippen molar-refractivity contribution in [2.45, 2.75) is 46.3 Å². The minimum atomic E-state index is -0.548. The Bertz CT molecular complexity index is 543. The van der Waals surface area contributed by atoms with Crippen LogP contribution in [0, 0.1) is 0 Å². The van der Waals surface area contributed by atoms with Gasteiger partial charge >= 0.3 is 0 Å². The second-order valence-corrected chi connectivity index (χ2v) is 5.93. The van der Waals surface area contributed by atoms with Gasteiger partial charge in [0.15, 0.2) is 11.6 Å². The van der Waals surface area contributed by atoms with Gasteiger partial charge in [0, 0.05) is 26.4 Å². The molecule has 0 bridgehead atoms. The molecule has 0 aliphatic carbocycles. The molecular weight excluding hydrogens is 324 g/mol. The lowest BCUT2D eigenvalue weighted by Gasteiger charge is -2.15. The van der Waals surface area contributed by atoms with Crippen LogP contribution in [0.4, 0.5) is 0 Å². The molecule has 0 aromatic heterocycles. The molecule has 0 aliphatic rings. The maximum absolute atomic E-state index is 10.7. The first-order valence-electron chi connectivity index (χ1n) is 8.04. The number of ether oxygens (including phenoxy) is 1. The monoisotopic (exact) mass is 352 g/mol. The number of rotatable bonds is 9. The number of hydrogen-bond donors (Lipinski definition) is 3. The van der Waals surface area contributed by atoms with Crippen molar-refractivity contribution in [1.29, 1.82) is 0 Å². The van der Waals surface area contributed by atoms with E-state index in [1.165, 1.54) is 13.8 Å². The molecule has 1 atom stereocenters. The first-order chi connectivity index (χ1) is 11.6. The second-order valence-electron chi connectivity index (χ2n) is 5.93. The van der Waals surface area contributed by atoms with Gasteiger partial charge in [-0.25, -0.2) is 0 Å². The van der Waals surface area contributed by atoms with Crippen molar-refractivity contribution >= 4 is 17.5 Å². The highest BCUT2D eigenvalue weighted by atomic mass is 16.5. The van der Waals surface area contributed by atoms with Crippen LogP contribution in [0.1, 0.15) is 33.3 Å². The number of hydrogen-bond acceptors (Lipinski definition) is 6. The van der Waals surface area contributed by atoms with Gasteiger partial charge in [0.25, 0.3) is 0 Å². The molecule has 0 saturated heterocycles. The van der Waals surface area contributed by atoms with E-state index in [1.807, 2.05) is 13.8 Å². The molecule has 25 heavy (non-hydrogen) atoms. The van der Waals surface area contributed by atoms with Crippen molar-refractivity contribution in [2.75, 3.05) is 13.2 Å². The van der Waals surface area contributed by atoms with Crippen LogP contribution in [0.5, 0.6) is 5.75 Å². The molecule has 140 valence electrons. The molecule has 0 spiro atoms. The van der Waals surface area contributed by atoms with Crippen molar-refractivity contribution in [3.05, 3.63) is 29.8 Å². The fraction of sp³-hybridized carbons (Fsp3) is 0.500. The Morgan fingerprint density at radius 1 is 1.12 bits per heavy atom. The van der Waals surface area contributed by atoms with Gasteiger partial charge in [0.1, 0.15) is 18.5 Å². The average molecular weight is 352 g/mol. The molecule has 1 unspecified atom stereocenters. The number of primary amides is 1. The van der Waals surface area contributed by atoms with Crippen LogP contribution < -0.4 is 15.8 Å². The fourth-order valence-corrected chi connectivity index (χ4v) is 1.53. The Hall–Kier alpha value is -2.25. The van der Waals surface area contributed by atoms with Gasteiger partial charge in [-0.15, -0.1) is 0 Å². The summed E-state index contributed by atoms with van der Waals surface area (Å²) in [5, 5.41) is 12.8. The van der Waals surface area contributed by atoms with Crippen LogP contribution >= 0.6 is 0 Å². The Kier molecular flexibility index (Phi) is 11.1. The molecule has 0 heterocycles. The highest BCUT2D eigenvalue weighted by Crippen LogP contribution is 2.12. The quantitative estimate of drug-likeness (QED) is 0.561. The lowest BCUT2D eigenvalue weighted by atomic mass is 10.1. The zero-order valence-electron chi connectivity index (χ0n) is 15.2. The summed E-state index contributed by atoms with van der Waals surface area (Å²) < 4.78 is 5.45. The predicted octanol–water partition coefficient (Wildman–Crippen LogP) is 0.617. The Balaban J connectivity index is 0.000000823. The number of carbonyl (C=O) groups is 3. The Morgan fingerprint density at radius 2 is 1.64 bits per heavy atom. The molecule has 0 fully saturated rings. The highest BCUT2D eigenvalue weighted by molar-refractivity contribution is 6.35. The van der Waals surface area contributed by atoms with Crippen molar-refractivity contribution in [3.63, 3.8) is 0 Å². The molecule has 1 aromatic carbocycles. The highest BCUT2D eigenvalue weighted by Gasteiger charge is 2.06. The third-order valence-electron chi connectivity index (χ3n) is 3.00. The van der Waals surface area contributed by atoms with Gasteiger partial charge in [-0.3, -0.25) is 14.4 Å². The summed E-state index contributed by atoms with van der Waals surface area (Å²) in [5.74, 6) is -0.453. The summed E-state index contributed by atoms with van der Waals surface area (Å²) in [6, 6.07) is 7.45. The number of benzene rings is 1. The molecular formula is C18H28N2O5. The van der Waals surface area contributed by atoms with Crippen molar-refractivity contribution in [1.82, 2.24) is 5.32 Å². The summed E-state index contributed by atoms with van der Waals surface area (Å²) in [7, 11) is 0. The van der Waals surface area contributed by atoms with Crippen LogP contribution in [0.2, 0.25) is 0 Å². The summed E-state index contributed by atoms with van der Waals surface area (Å²) in [6.45, 7) is 7.27. The number of aliphatic hydroxyl groups is 1. The molecule has 0 aliphatic heterocycles. The minimum Gasteiger partial charge on any atom is -0.491 e. The second kappa shape index (κ2) is 12.2. The lowest BCUT2D eigenvalue weighted by molar-refractivity contribution is -0.134. The number of amides is 1. The van der Waals surface area contributed by atoms with Crippen molar-refractivity contribution in [3.8, 4) is 5.75 Å². The first-order valence-corrected chi connectivity index (χ1v) is 8.04. The maximum atomic E-state index is 10.7. The standard InChI is InChI=1S/C14H22N2O3.C4H6O2/c1-10(2)16-8-12(17)9-19-13-5-3-11(4-6-13)7-14(15)18;1-3(5)4(2)6/h3-6,10,12,16-17H,7-9H2,1-2H3,(H2,15,18);1-2H3. The first kappa shape index (κ1) is 22.8. The van der Waals surface area contributed by atoms with Gasteiger partial charge in [0.05, 0.1) is 6.42 Å². The van der Waals surface area contributed by atoms with Gasteiger partial charge in [-0.2, -0.15) is 0 Å². The molecule has 7 heteroatoms. The van der Waals surface area contributed by atoms with E-state index in [-0.39, 0.29) is 30.5 Å². The van der Waals surface area contributed by atoms with Crippen LogP contribution in [0.25, 0.3) is 0 Å².